The lowest BCUT2D eigenvalue weighted by molar-refractivity contribution is -0.148. The summed E-state index contributed by atoms with van der Waals surface area (Å²) in [6, 6.07) is 0. The molecular weight excluding hydrogens is 380 g/mol. The van der Waals surface area contributed by atoms with Gasteiger partial charge in [0.2, 0.25) is 0 Å². The molecule has 0 saturated carbocycles. The van der Waals surface area contributed by atoms with Crippen LogP contribution in [0.5, 0.6) is 0 Å². The second-order valence-corrected chi connectivity index (χ2v) is 7.64. The van der Waals surface area contributed by atoms with Gasteiger partial charge in [-0.3, -0.25) is 9.59 Å². The molecule has 0 radical (unpaired) electrons. The zero-order valence-corrected chi connectivity index (χ0v) is 16.6. The van der Waals surface area contributed by atoms with Crippen molar-refractivity contribution in [3.8, 4) is 0 Å². The van der Waals surface area contributed by atoms with E-state index in [1.165, 1.54) is 6.92 Å². The van der Waals surface area contributed by atoms with E-state index in [4.69, 9.17) is 18.9 Å². The van der Waals surface area contributed by atoms with E-state index in [-0.39, 0.29) is 29.6 Å². The number of carbonyl (C=O) groups is 4. The smallest absolute Gasteiger partial charge is 0.338 e. The summed E-state index contributed by atoms with van der Waals surface area (Å²) in [5.74, 6) is -2.93. The molecule has 0 aromatic rings. The van der Waals surface area contributed by atoms with Gasteiger partial charge in [-0.25, -0.2) is 9.59 Å². The van der Waals surface area contributed by atoms with Gasteiger partial charge in [0.1, 0.15) is 24.9 Å². The Labute approximate surface area is 168 Å². The van der Waals surface area contributed by atoms with E-state index < -0.39 is 42.1 Å². The third-order valence-electron chi connectivity index (χ3n) is 5.09. The Hall–Kier alpha value is -2.90. The van der Waals surface area contributed by atoms with Gasteiger partial charge in [-0.05, 0) is 30.6 Å². The molecule has 2 bridgehead atoms. The van der Waals surface area contributed by atoms with Crippen LogP contribution in [0, 0.1) is 11.8 Å². The van der Waals surface area contributed by atoms with E-state index in [1.54, 1.807) is 26.0 Å². The predicted octanol–water partition coefficient (Wildman–Crippen LogP) is 1.79. The fourth-order valence-corrected chi connectivity index (χ4v) is 3.58. The number of hydrogen-bond acceptors (Lipinski definition) is 8. The monoisotopic (exact) mass is 404 g/mol. The summed E-state index contributed by atoms with van der Waals surface area (Å²) < 4.78 is 21.5. The molecule has 29 heavy (non-hydrogen) atoms. The normalized spacial score (nSPS) is 30.6. The largest absolute Gasteiger partial charge is 0.461 e. The Morgan fingerprint density at radius 1 is 1.17 bits per heavy atom. The second-order valence-electron chi connectivity index (χ2n) is 7.64. The highest BCUT2D eigenvalue weighted by atomic mass is 16.6. The van der Waals surface area contributed by atoms with Crippen LogP contribution in [0.2, 0.25) is 0 Å². The van der Waals surface area contributed by atoms with Crippen LogP contribution < -0.4 is 0 Å². The maximum atomic E-state index is 12.4. The third kappa shape index (κ3) is 4.41. The highest BCUT2D eigenvalue weighted by molar-refractivity contribution is 5.94. The molecule has 2 heterocycles. The summed E-state index contributed by atoms with van der Waals surface area (Å²) in [5.41, 5.74) is 1.13. The molecule has 8 nitrogen and oxygen atoms in total. The molecule has 2 aliphatic heterocycles. The molecule has 1 fully saturated rings. The summed E-state index contributed by atoms with van der Waals surface area (Å²) in [7, 11) is 0. The Morgan fingerprint density at radius 3 is 2.48 bits per heavy atom. The molecular formula is C21H24O8. The fraction of sp³-hybridized carbons (Fsp3) is 0.524. The molecule has 0 aromatic heterocycles. The molecule has 0 spiro atoms. The van der Waals surface area contributed by atoms with Crippen molar-refractivity contribution in [2.24, 2.45) is 11.8 Å². The van der Waals surface area contributed by atoms with Crippen molar-refractivity contribution in [3.63, 3.8) is 0 Å². The summed E-state index contributed by atoms with van der Waals surface area (Å²) >= 11 is 0. The minimum absolute atomic E-state index is 0.00949. The average molecular weight is 404 g/mol. The first kappa shape index (κ1) is 20.8. The summed E-state index contributed by atoms with van der Waals surface area (Å²) in [5, 5.41) is 0. The summed E-state index contributed by atoms with van der Waals surface area (Å²) in [6.45, 7) is 8.51. The van der Waals surface area contributed by atoms with E-state index in [0.717, 1.165) is 0 Å². The van der Waals surface area contributed by atoms with Crippen LogP contribution in [0.15, 0.2) is 35.5 Å². The van der Waals surface area contributed by atoms with Crippen molar-refractivity contribution >= 4 is 23.9 Å². The van der Waals surface area contributed by atoms with Crippen LogP contribution in [0.4, 0.5) is 0 Å². The molecule has 3 aliphatic rings. The van der Waals surface area contributed by atoms with Gasteiger partial charge in [-0.1, -0.05) is 20.4 Å². The predicted molar refractivity (Wildman–Crippen MR) is 99.1 cm³/mol. The van der Waals surface area contributed by atoms with Gasteiger partial charge < -0.3 is 18.9 Å². The quantitative estimate of drug-likeness (QED) is 0.302. The number of fused-ring (bicyclic) bond motifs is 3. The first-order chi connectivity index (χ1) is 13.7. The molecule has 4 atom stereocenters. The molecule has 156 valence electrons. The lowest BCUT2D eigenvalue weighted by Crippen LogP contribution is -2.28. The molecule has 4 unspecified atom stereocenters. The zero-order chi connectivity index (χ0) is 21.3. The van der Waals surface area contributed by atoms with Crippen LogP contribution in [-0.2, 0) is 38.1 Å². The van der Waals surface area contributed by atoms with Gasteiger partial charge >= 0.3 is 23.9 Å². The Kier molecular flexibility index (Phi) is 5.91. The molecule has 8 heteroatoms. The second kappa shape index (κ2) is 8.23. The first-order valence-corrected chi connectivity index (χ1v) is 9.53. The number of hydrogen-bond donors (Lipinski definition) is 0. The maximum Gasteiger partial charge on any atom is 0.338 e. The lowest BCUT2D eigenvalue weighted by Gasteiger charge is -2.22. The van der Waals surface area contributed by atoms with E-state index >= 15 is 0 Å². The van der Waals surface area contributed by atoms with Crippen LogP contribution >= 0.6 is 0 Å². The maximum absolute atomic E-state index is 12.4. The Balaban J connectivity index is 1.93. The Bertz CT molecular complexity index is 819. The molecule has 0 N–H and O–H groups in total. The molecule has 0 aromatic carbocycles. The van der Waals surface area contributed by atoms with Crippen molar-refractivity contribution in [2.45, 2.75) is 51.9 Å². The van der Waals surface area contributed by atoms with Crippen LogP contribution in [0.1, 0.15) is 33.6 Å². The summed E-state index contributed by atoms with van der Waals surface area (Å²) in [6.07, 6.45) is 1.71. The van der Waals surface area contributed by atoms with Crippen LogP contribution in [-0.4, -0.2) is 48.8 Å². The SMILES string of the molecule is C=C1C(=O)OC2/C=C(/COC(=O)C(C)C)CCC(OC(C)=O)C3=CC(OC3=O)C12. The lowest BCUT2D eigenvalue weighted by atomic mass is 9.87. The molecule has 1 saturated heterocycles. The van der Waals surface area contributed by atoms with Crippen molar-refractivity contribution in [3.05, 3.63) is 35.5 Å². The topological polar surface area (TPSA) is 105 Å². The summed E-state index contributed by atoms with van der Waals surface area (Å²) in [4.78, 5) is 47.9. The van der Waals surface area contributed by atoms with E-state index in [1.807, 2.05) is 0 Å². The standard InChI is InChI=1S/C21H24O8/c1-10(2)19(23)26-9-13-5-6-15(27-12(4)22)14-8-17(29-21(14)25)18-11(3)20(24)28-16(18)7-13/h7-8,10,15-18H,3,5-6,9H2,1-2,4H3/b13-7+. The van der Waals surface area contributed by atoms with Gasteiger partial charge in [0.25, 0.3) is 0 Å². The Morgan fingerprint density at radius 2 is 1.83 bits per heavy atom. The number of carbonyl (C=O) groups excluding carboxylic acids is 4. The van der Waals surface area contributed by atoms with E-state index in [2.05, 4.69) is 6.58 Å². The minimum atomic E-state index is -0.794. The van der Waals surface area contributed by atoms with Crippen LogP contribution in [0.25, 0.3) is 0 Å². The first-order valence-electron chi connectivity index (χ1n) is 9.53. The van der Waals surface area contributed by atoms with Gasteiger partial charge in [0, 0.05) is 12.5 Å². The number of ether oxygens (including phenoxy) is 4. The van der Waals surface area contributed by atoms with Gasteiger partial charge in [-0.2, -0.15) is 0 Å². The van der Waals surface area contributed by atoms with Crippen molar-refractivity contribution in [1.82, 2.24) is 0 Å². The van der Waals surface area contributed by atoms with Gasteiger partial charge in [-0.15, -0.1) is 0 Å². The van der Waals surface area contributed by atoms with Crippen molar-refractivity contribution < 1.29 is 38.1 Å². The van der Waals surface area contributed by atoms with Crippen LogP contribution in [0.3, 0.4) is 0 Å². The molecule has 1 aliphatic carbocycles. The average Bonchev–Trinajstić information content (AvgIpc) is 3.14. The number of rotatable bonds is 4. The van der Waals surface area contributed by atoms with Crippen molar-refractivity contribution in [1.29, 1.82) is 0 Å². The van der Waals surface area contributed by atoms with E-state index in [0.29, 0.717) is 18.4 Å². The minimum Gasteiger partial charge on any atom is -0.461 e. The number of esters is 4. The van der Waals surface area contributed by atoms with Crippen molar-refractivity contribution in [2.75, 3.05) is 6.61 Å². The molecule has 0 amide bonds. The van der Waals surface area contributed by atoms with Gasteiger partial charge in [0.05, 0.1) is 17.4 Å². The van der Waals surface area contributed by atoms with E-state index in [9.17, 15) is 19.2 Å². The third-order valence-corrected chi connectivity index (χ3v) is 5.09. The zero-order valence-electron chi connectivity index (χ0n) is 16.6. The van der Waals surface area contributed by atoms with Gasteiger partial charge in [0.15, 0.2) is 0 Å². The highest BCUT2D eigenvalue weighted by Gasteiger charge is 2.47. The molecule has 3 rings (SSSR count). The highest BCUT2D eigenvalue weighted by Crippen LogP contribution is 2.38. The fourth-order valence-electron chi connectivity index (χ4n) is 3.58.